The van der Waals surface area contributed by atoms with Crippen molar-refractivity contribution >= 4 is 35.0 Å². The predicted molar refractivity (Wildman–Crippen MR) is 88.6 cm³/mol. The van der Waals surface area contributed by atoms with Crippen molar-refractivity contribution in [3.8, 4) is 5.69 Å². The molecule has 0 spiro atoms. The highest BCUT2D eigenvalue weighted by Crippen LogP contribution is 2.26. The zero-order chi connectivity index (χ0) is 15.9. The molecule has 0 bridgehead atoms. The Labute approximate surface area is 138 Å². The van der Waals surface area contributed by atoms with E-state index in [9.17, 15) is 4.79 Å². The molecule has 2 aromatic rings. The lowest BCUT2D eigenvalue weighted by Gasteiger charge is -2.19. The predicted octanol–water partition coefficient (Wildman–Crippen LogP) is 2.35. The molecular weight excluding hydrogens is 324 g/mol. The third kappa shape index (κ3) is 4.00. The average molecular weight is 341 g/mol. The highest BCUT2D eigenvalue weighted by molar-refractivity contribution is 7.99. The molecule has 0 aliphatic carbocycles. The van der Waals surface area contributed by atoms with Gasteiger partial charge in [-0.3, -0.25) is 9.78 Å². The first-order chi connectivity index (χ1) is 10.7. The van der Waals surface area contributed by atoms with Gasteiger partial charge in [0.1, 0.15) is 5.69 Å². The smallest absolute Gasteiger partial charge is 0.227 e. The Bertz CT molecular complexity index is 621. The van der Waals surface area contributed by atoms with Gasteiger partial charge in [-0.15, -0.1) is 11.8 Å². The van der Waals surface area contributed by atoms with Gasteiger partial charge in [0.2, 0.25) is 5.91 Å². The van der Waals surface area contributed by atoms with Gasteiger partial charge >= 0.3 is 0 Å². The van der Waals surface area contributed by atoms with Gasteiger partial charge in [0, 0.05) is 24.9 Å². The van der Waals surface area contributed by atoms with Crippen molar-refractivity contribution in [3.05, 3.63) is 35.9 Å². The van der Waals surface area contributed by atoms with Gasteiger partial charge in [0.25, 0.3) is 0 Å². The first kappa shape index (κ1) is 16.8. The number of carbonyl (C=O) groups is 1. The van der Waals surface area contributed by atoms with Crippen molar-refractivity contribution in [1.82, 2.24) is 14.8 Å². The molecule has 0 radical (unpaired) electrons. The Morgan fingerprint density at radius 1 is 1.55 bits per heavy atom. The summed E-state index contributed by atoms with van der Waals surface area (Å²) in [6, 6.07) is 3.66. The van der Waals surface area contributed by atoms with Crippen LogP contribution < -0.4 is 4.90 Å². The molecule has 6 nitrogen and oxygen atoms in total. The van der Waals surface area contributed by atoms with Crippen LogP contribution in [-0.4, -0.2) is 44.0 Å². The number of aliphatic hydroxyl groups excluding tert-OH is 1. The first-order valence-electron chi connectivity index (χ1n) is 6.82. The third-order valence-electron chi connectivity index (χ3n) is 3.02. The van der Waals surface area contributed by atoms with E-state index in [1.54, 1.807) is 34.2 Å². The fourth-order valence-electron chi connectivity index (χ4n) is 1.99. The zero-order valence-corrected chi connectivity index (χ0v) is 13.7. The van der Waals surface area contributed by atoms with Crippen LogP contribution in [0.1, 0.15) is 13.3 Å². The van der Waals surface area contributed by atoms with E-state index in [1.807, 2.05) is 13.0 Å². The summed E-state index contributed by atoms with van der Waals surface area (Å²) in [5, 5.41) is 13.3. The molecule has 0 aliphatic rings. The summed E-state index contributed by atoms with van der Waals surface area (Å²) in [4.78, 5) is 17.9. The maximum Gasteiger partial charge on any atom is 0.227 e. The lowest BCUT2D eigenvalue weighted by molar-refractivity contribution is -0.118. The minimum absolute atomic E-state index is 0.0130. The van der Waals surface area contributed by atoms with Gasteiger partial charge < -0.3 is 10.0 Å². The maximum atomic E-state index is 12.3. The summed E-state index contributed by atoms with van der Waals surface area (Å²) >= 11 is 7.49. The number of thioether (sulfide) groups is 1. The topological polar surface area (TPSA) is 71.2 Å². The summed E-state index contributed by atoms with van der Waals surface area (Å²) < 4.78 is 1.60. The van der Waals surface area contributed by atoms with E-state index >= 15 is 0 Å². The molecule has 0 saturated carbocycles. The molecule has 0 unspecified atom stereocenters. The monoisotopic (exact) mass is 340 g/mol. The molecule has 2 aromatic heterocycles. The Balaban J connectivity index is 2.19. The van der Waals surface area contributed by atoms with Crippen LogP contribution >= 0.6 is 23.4 Å². The van der Waals surface area contributed by atoms with E-state index in [0.717, 1.165) is 5.69 Å². The second-order valence-corrected chi connectivity index (χ2v) is 5.82. The summed E-state index contributed by atoms with van der Waals surface area (Å²) in [6.07, 6.45) is 5.41. The minimum Gasteiger partial charge on any atom is -0.386 e. The SMILES string of the molecule is CCN(C(=O)CCSCO)c1cn(-c2cccnc2)nc1Cl. The number of anilines is 1. The fraction of sp³-hybridized carbons (Fsp3) is 0.357. The van der Waals surface area contributed by atoms with Gasteiger partial charge in [-0.2, -0.15) is 5.10 Å². The Morgan fingerprint density at radius 3 is 3.00 bits per heavy atom. The molecule has 0 atom stereocenters. The molecule has 8 heteroatoms. The van der Waals surface area contributed by atoms with Crippen LogP contribution in [0.2, 0.25) is 5.15 Å². The molecule has 0 aliphatic heterocycles. The van der Waals surface area contributed by atoms with E-state index in [4.69, 9.17) is 16.7 Å². The number of amides is 1. The standard InChI is InChI=1S/C14H17ClN4O2S/c1-2-18(13(21)5-7-22-10-20)12-9-19(17-14(12)15)11-4-3-6-16-8-11/h3-4,6,8-9,20H,2,5,7,10H2,1H3. The maximum absolute atomic E-state index is 12.3. The van der Waals surface area contributed by atoms with E-state index in [0.29, 0.717) is 24.4 Å². The summed E-state index contributed by atoms with van der Waals surface area (Å²) in [5.41, 5.74) is 1.35. The van der Waals surface area contributed by atoms with E-state index < -0.39 is 0 Å². The average Bonchev–Trinajstić information content (AvgIpc) is 2.91. The number of halogens is 1. The van der Waals surface area contributed by atoms with Crippen LogP contribution in [0.25, 0.3) is 5.69 Å². The Kier molecular flexibility index (Phi) is 6.23. The summed E-state index contributed by atoms with van der Waals surface area (Å²) in [5.74, 6) is 0.537. The van der Waals surface area contributed by atoms with Crippen LogP contribution in [0.3, 0.4) is 0 Å². The summed E-state index contributed by atoms with van der Waals surface area (Å²) in [7, 11) is 0. The molecule has 2 rings (SSSR count). The van der Waals surface area contributed by atoms with Crippen LogP contribution in [0, 0.1) is 0 Å². The van der Waals surface area contributed by atoms with E-state index in [2.05, 4.69) is 10.1 Å². The van der Waals surface area contributed by atoms with Crippen LogP contribution in [0.15, 0.2) is 30.7 Å². The number of pyridine rings is 1. The number of aliphatic hydroxyl groups is 1. The lowest BCUT2D eigenvalue weighted by atomic mass is 10.3. The molecule has 2 heterocycles. The minimum atomic E-state index is -0.0453. The van der Waals surface area contributed by atoms with Crippen molar-refractivity contribution in [1.29, 1.82) is 0 Å². The first-order valence-corrected chi connectivity index (χ1v) is 8.35. The van der Waals surface area contributed by atoms with E-state index in [1.165, 1.54) is 11.8 Å². The van der Waals surface area contributed by atoms with Gasteiger partial charge in [0.05, 0.1) is 24.0 Å². The molecule has 1 amide bonds. The van der Waals surface area contributed by atoms with Crippen molar-refractivity contribution in [2.75, 3.05) is 23.1 Å². The van der Waals surface area contributed by atoms with Crippen LogP contribution in [-0.2, 0) is 4.79 Å². The lowest BCUT2D eigenvalue weighted by Crippen LogP contribution is -2.30. The molecule has 0 fully saturated rings. The fourth-order valence-corrected chi connectivity index (χ4v) is 2.67. The number of rotatable bonds is 7. The van der Waals surface area contributed by atoms with Gasteiger partial charge in [-0.1, -0.05) is 11.6 Å². The molecule has 1 N–H and O–H groups in total. The second kappa shape index (κ2) is 8.17. The Hall–Kier alpha value is -1.57. The molecular formula is C14H17ClN4O2S. The van der Waals surface area contributed by atoms with Crippen molar-refractivity contribution in [2.24, 2.45) is 0 Å². The second-order valence-electron chi connectivity index (χ2n) is 4.39. The molecule has 0 aromatic carbocycles. The van der Waals surface area contributed by atoms with Crippen molar-refractivity contribution < 1.29 is 9.90 Å². The van der Waals surface area contributed by atoms with Gasteiger partial charge in [-0.05, 0) is 19.1 Å². The molecule has 118 valence electrons. The zero-order valence-electron chi connectivity index (χ0n) is 12.1. The number of carbonyl (C=O) groups excluding carboxylic acids is 1. The number of nitrogens with zero attached hydrogens (tertiary/aromatic N) is 4. The summed E-state index contributed by atoms with van der Waals surface area (Å²) in [6.45, 7) is 2.38. The largest absolute Gasteiger partial charge is 0.386 e. The molecule has 22 heavy (non-hydrogen) atoms. The number of hydrogen-bond acceptors (Lipinski definition) is 5. The van der Waals surface area contributed by atoms with Gasteiger partial charge in [0.15, 0.2) is 5.15 Å². The highest BCUT2D eigenvalue weighted by atomic mass is 35.5. The third-order valence-corrected chi connectivity index (χ3v) is 3.97. The van der Waals surface area contributed by atoms with Crippen LogP contribution in [0.5, 0.6) is 0 Å². The van der Waals surface area contributed by atoms with E-state index in [-0.39, 0.29) is 17.0 Å². The highest BCUT2D eigenvalue weighted by Gasteiger charge is 2.19. The van der Waals surface area contributed by atoms with Crippen molar-refractivity contribution in [3.63, 3.8) is 0 Å². The molecule has 0 saturated heterocycles. The Morgan fingerprint density at radius 2 is 2.36 bits per heavy atom. The van der Waals surface area contributed by atoms with Gasteiger partial charge in [-0.25, -0.2) is 4.68 Å². The number of hydrogen-bond donors (Lipinski definition) is 1. The van der Waals surface area contributed by atoms with Crippen LogP contribution in [0.4, 0.5) is 5.69 Å². The quantitative estimate of drug-likeness (QED) is 0.618. The normalized spacial score (nSPS) is 10.7. The van der Waals surface area contributed by atoms with Crippen molar-refractivity contribution in [2.45, 2.75) is 13.3 Å². The number of aromatic nitrogens is 3.